The number of nitrogens with zero attached hydrogens (tertiary/aromatic N) is 1. The van der Waals surface area contributed by atoms with Crippen molar-refractivity contribution in [2.75, 3.05) is 0 Å². The molecular formula is C23H26N2OS. The molecule has 1 fully saturated rings. The monoisotopic (exact) mass is 378 g/mol. The molecule has 0 radical (unpaired) electrons. The fraction of sp³-hybridized carbons (Fsp3) is 0.391. The van der Waals surface area contributed by atoms with E-state index in [1.807, 2.05) is 25.1 Å². The largest absolute Gasteiger partial charge is 0.349 e. The van der Waals surface area contributed by atoms with E-state index >= 15 is 0 Å². The molecule has 1 aliphatic carbocycles. The number of aryl methyl sites for hydroxylation is 1. The van der Waals surface area contributed by atoms with Gasteiger partial charge >= 0.3 is 0 Å². The highest BCUT2D eigenvalue weighted by Crippen LogP contribution is 2.41. The summed E-state index contributed by atoms with van der Waals surface area (Å²) in [6.45, 7) is 4.15. The molecule has 0 atom stereocenters. The van der Waals surface area contributed by atoms with Gasteiger partial charge in [0.1, 0.15) is 0 Å². The summed E-state index contributed by atoms with van der Waals surface area (Å²) < 4.78 is 0. The molecule has 0 aromatic heterocycles. The Morgan fingerprint density at radius 2 is 1.74 bits per heavy atom. The fourth-order valence-corrected chi connectivity index (χ4v) is 4.93. The number of aliphatic imine (C=N–C) groups is 1. The predicted octanol–water partition coefficient (Wildman–Crippen LogP) is 6.05. The van der Waals surface area contributed by atoms with E-state index < -0.39 is 0 Å². The molecule has 4 heteroatoms. The lowest BCUT2D eigenvalue weighted by atomic mass is 10.1. The number of rotatable bonds is 2. The zero-order valence-corrected chi connectivity index (χ0v) is 16.9. The summed E-state index contributed by atoms with van der Waals surface area (Å²) in [5, 5.41) is 3.24. The number of nitrogens with one attached hydrogen (secondary N) is 1. The number of hydrogen-bond acceptors (Lipinski definition) is 3. The van der Waals surface area contributed by atoms with Crippen LogP contribution >= 0.6 is 11.8 Å². The highest BCUT2D eigenvalue weighted by molar-refractivity contribution is 7.99. The minimum absolute atomic E-state index is 0.0279. The minimum atomic E-state index is 0.0279. The smallest absolute Gasteiger partial charge is 0.251 e. The normalized spacial score (nSPS) is 17.2. The molecule has 2 aliphatic rings. The highest BCUT2D eigenvalue weighted by Gasteiger charge is 2.19. The molecule has 1 N–H and O–H groups in total. The molecule has 2 aromatic carbocycles. The van der Waals surface area contributed by atoms with Gasteiger partial charge in [-0.2, -0.15) is 0 Å². The molecule has 1 aliphatic heterocycles. The van der Waals surface area contributed by atoms with Crippen LogP contribution in [0.4, 0.5) is 5.69 Å². The maximum absolute atomic E-state index is 12.8. The lowest BCUT2D eigenvalue weighted by Crippen LogP contribution is -2.34. The lowest BCUT2D eigenvalue weighted by molar-refractivity contribution is 0.0933. The van der Waals surface area contributed by atoms with Crippen molar-refractivity contribution in [3.8, 4) is 0 Å². The van der Waals surface area contributed by atoms with Crippen molar-refractivity contribution < 1.29 is 4.79 Å². The Bertz CT molecular complexity index is 895. The molecule has 4 rings (SSSR count). The summed E-state index contributed by atoms with van der Waals surface area (Å²) in [5.74, 6) is 0.0279. The van der Waals surface area contributed by atoms with Crippen LogP contribution in [0.5, 0.6) is 0 Å². The van der Waals surface area contributed by atoms with Gasteiger partial charge in [-0.1, -0.05) is 49.1 Å². The second-order valence-corrected chi connectivity index (χ2v) is 8.73. The van der Waals surface area contributed by atoms with Gasteiger partial charge in [0.2, 0.25) is 0 Å². The van der Waals surface area contributed by atoms with Gasteiger partial charge in [-0.15, -0.1) is 0 Å². The van der Waals surface area contributed by atoms with Gasteiger partial charge in [-0.3, -0.25) is 9.79 Å². The van der Waals surface area contributed by atoms with Crippen molar-refractivity contribution in [1.82, 2.24) is 5.32 Å². The van der Waals surface area contributed by atoms with E-state index in [0.29, 0.717) is 11.6 Å². The zero-order chi connectivity index (χ0) is 18.8. The molecule has 0 unspecified atom stereocenters. The molecule has 1 heterocycles. The Morgan fingerprint density at radius 1 is 1.00 bits per heavy atom. The summed E-state index contributed by atoms with van der Waals surface area (Å²) in [4.78, 5) is 19.9. The summed E-state index contributed by atoms with van der Waals surface area (Å²) in [6.07, 6.45) is 7.20. The summed E-state index contributed by atoms with van der Waals surface area (Å²) in [5.41, 5.74) is 5.01. The average Bonchev–Trinajstić information content (AvgIpc) is 2.99. The van der Waals surface area contributed by atoms with E-state index in [0.717, 1.165) is 29.1 Å². The van der Waals surface area contributed by atoms with Gasteiger partial charge in [0.15, 0.2) is 0 Å². The zero-order valence-electron chi connectivity index (χ0n) is 16.0. The van der Waals surface area contributed by atoms with Gasteiger partial charge in [-0.05, 0) is 57.0 Å². The van der Waals surface area contributed by atoms with Gasteiger partial charge in [0.05, 0.1) is 5.69 Å². The predicted molar refractivity (Wildman–Crippen MR) is 113 cm³/mol. The molecule has 0 saturated heterocycles. The Hall–Kier alpha value is -2.07. The van der Waals surface area contributed by atoms with Crippen molar-refractivity contribution in [2.24, 2.45) is 4.99 Å². The molecule has 1 amide bonds. The van der Waals surface area contributed by atoms with E-state index in [1.54, 1.807) is 11.8 Å². The van der Waals surface area contributed by atoms with Crippen LogP contribution in [0.1, 0.15) is 66.9 Å². The van der Waals surface area contributed by atoms with Crippen LogP contribution in [-0.4, -0.2) is 17.7 Å². The first-order valence-electron chi connectivity index (χ1n) is 9.89. The third kappa shape index (κ3) is 4.11. The second kappa shape index (κ2) is 7.89. The highest BCUT2D eigenvalue weighted by atomic mass is 32.2. The van der Waals surface area contributed by atoms with Crippen LogP contribution in [0.2, 0.25) is 0 Å². The van der Waals surface area contributed by atoms with Crippen molar-refractivity contribution in [3.63, 3.8) is 0 Å². The van der Waals surface area contributed by atoms with Crippen molar-refractivity contribution >= 4 is 29.1 Å². The Labute approximate surface area is 165 Å². The second-order valence-electron chi connectivity index (χ2n) is 7.64. The standard InChI is InChI=1S/C23H26N2OS/c1-15-9-11-21-19(13-15)16(2)24-20-14-17(10-12-22(20)27-21)23(26)25-18-7-5-3-4-6-8-18/h9-14,18H,3-8H2,1-2H3,(H,25,26). The minimum Gasteiger partial charge on any atom is -0.349 e. The van der Waals surface area contributed by atoms with Gasteiger partial charge < -0.3 is 5.32 Å². The van der Waals surface area contributed by atoms with E-state index in [1.165, 1.54) is 41.7 Å². The molecule has 27 heavy (non-hydrogen) atoms. The van der Waals surface area contributed by atoms with Gasteiger partial charge in [-0.25, -0.2) is 0 Å². The topological polar surface area (TPSA) is 41.5 Å². The maximum Gasteiger partial charge on any atom is 0.251 e. The lowest BCUT2D eigenvalue weighted by Gasteiger charge is -2.16. The van der Waals surface area contributed by atoms with Crippen molar-refractivity contribution in [3.05, 3.63) is 53.1 Å². The number of benzene rings is 2. The SMILES string of the molecule is CC1=Nc2cc(C(=O)NC3CCCCCC3)ccc2Sc2ccc(C)cc21. The Morgan fingerprint density at radius 3 is 2.52 bits per heavy atom. The molecule has 3 nitrogen and oxygen atoms in total. The summed E-state index contributed by atoms with van der Waals surface area (Å²) >= 11 is 1.73. The molecular weight excluding hydrogens is 352 g/mol. The first-order valence-corrected chi connectivity index (χ1v) is 10.7. The van der Waals surface area contributed by atoms with Crippen LogP contribution in [0.15, 0.2) is 51.2 Å². The van der Waals surface area contributed by atoms with E-state index in [4.69, 9.17) is 4.99 Å². The maximum atomic E-state index is 12.8. The van der Waals surface area contributed by atoms with E-state index in [-0.39, 0.29) is 5.91 Å². The Kier molecular flexibility index (Phi) is 5.35. The first-order chi connectivity index (χ1) is 13.1. The summed E-state index contributed by atoms with van der Waals surface area (Å²) in [6, 6.07) is 12.7. The number of carbonyl (C=O) groups is 1. The molecule has 2 aromatic rings. The van der Waals surface area contributed by atoms with E-state index in [2.05, 4.69) is 30.4 Å². The molecule has 140 valence electrons. The first kappa shape index (κ1) is 18.3. The van der Waals surface area contributed by atoms with Crippen molar-refractivity contribution in [2.45, 2.75) is 68.2 Å². The Balaban J connectivity index is 1.59. The van der Waals surface area contributed by atoms with Gasteiger partial charge in [0.25, 0.3) is 5.91 Å². The third-order valence-corrected chi connectivity index (χ3v) is 6.59. The fourth-order valence-electron chi connectivity index (χ4n) is 3.90. The van der Waals surface area contributed by atoms with Crippen LogP contribution in [-0.2, 0) is 0 Å². The quantitative estimate of drug-likeness (QED) is 0.646. The molecule has 0 bridgehead atoms. The number of hydrogen-bond donors (Lipinski definition) is 1. The third-order valence-electron chi connectivity index (χ3n) is 5.44. The van der Waals surface area contributed by atoms with Crippen LogP contribution in [0.3, 0.4) is 0 Å². The average molecular weight is 379 g/mol. The number of fused-ring (bicyclic) bond motifs is 2. The van der Waals surface area contributed by atoms with Crippen molar-refractivity contribution in [1.29, 1.82) is 0 Å². The summed E-state index contributed by atoms with van der Waals surface area (Å²) in [7, 11) is 0. The van der Waals surface area contributed by atoms with Crippen LogP contribution < -0.4 is 5.32 Å². The van der Waals surface area contributed by atoms with Crippen LogP contribution in [0, 0.1) is 6.92 Å². The number of carbonyl (C=O) groups excluding carboxylic acids is 1. The number of amides is 1. The molecule has 1 saturated carbocycles. The molecule has 0 spiro atoms. The van der Waals surface area contributed by atoms with Gasteiger partial charge in [0, 0.05) is 32.7 Å². The van der Waals surface area contributed by atoms with E-state index in [9.17, 15) is 4.79 Å². The van der Waals surface area contributed by atoms with Crippen LogP contribution in [0.25, 0.3) is 0 Å².